The lowest BCUT2D eigenvalue weighted by atomic mass is 9.95. The summed E-state index contributed by atoms with van der Waals surface area (Å²) < 4.78 is 36.8. The molecular formula is C18H20FN3O3S. The lowest BCUT2D eigenvalue weighted by Crippen LogP contribution is -2.39. The molecule has 1 aliphatic rings. The standard InChI is InChI=1S/C18H20FN3O3S/c1-26(24,25)16-3-2-10-20-17(16)22-11-8-13(9-12-22)18(23)21-15-6-4-14(19)5-7-15/h2-7,10,13H,8-9,11-12H2,1H3,(H,21,23). The van der Waals surface area contributed by atoms with Crippen molar-refractivity contribution in [1.82, 2.24) is 4.98 Å². The summed E-state index contributed by atoms with van der Waals surface area (Å²) in [5.41, 5.74) is 0.558. The van der Waals surface area contributed by atoms with Gasteiger partial charge in [0.25, 0.3) is 0 Å². The minimum atomic E-state index is -3.37. The smallest absolute Gasteiger partial charge is 0.227 e. The highest BCUT2D eigenvalue weighted by Gasteiger charge is 2.28. The number of benzene rings is 1. The number of piperidine rings is 1. The van der Waals surface area contributed by atoms with E-state index in [1.165, 1.54) is 24.3 Å². The fourth-order valence-electron chi connectivity index (χ4n) is 3.04. The second-order valence-electron chi connectivity index (χ2n) is 6.35. The highest BCUT2D eigenvalue weighted by molar-refractivity contribution is 7.90. The summed E-state index contributed by atoms with van der Waals surface area (Å²) in [5.74, 6) is -0.206. The number of aromatic nitrogens is 1. The Hall–Kier alpha value is -2.48. The van der Waals surface area contributed by atoms with E-state index in [0.29, 0.717) is 37.4 Å². The Kier molecular flexibility index (Phi) is 5.22. The topological polar surface area (TPSA) is 79.4 Å². The average Bonchev–Trinajstić information content (AvgIpc) is 2.63. The summed E-state index contributed by atoms with van der Waals surface area (Å²) in [5, 5.41) is 2.79. The maximum atomic E-state index is 12.9. The number of carbonyl (C=O) groups is 1. The van der Waals surface area contributed by atoms with Gasteiger partial charge in [-0.1, -0.05) is 0 Å². The number of hydrogen-bond donors (Lipinski definition) is 1. The first-order valence-corrected chi connectivity index (χ1v) is 10.2. The predicted octanol–water partition coefficient (Wildman–Crippen LogP) is 2.48. The fraction of sp³-hybridized carbons (Fsp3) is 0.333. The first kappa shape index (κ1) is 18.3. The number of pyridine rings is 1. The third-order valence-electron chi connectivity index (χ3n) is 4.43. The molecule has 6 nitrogen and oxygen atoms in total. The molecule has 0 unspecified atom stereocenters. The van der Waals surface area contributed by atoms with Gasteiger partial charge >= 0.3 is 0 Å². The number of carbonyl (C=O) groups excluding carboxylic acids is 1. The Balaban J connectivity index is 1.64. The summed E-state index contributed by atoms with van der Waals surface area (Å²) in [6, 6.07) is 8.79. The zero-order valence-electron chi connectivity index (χ0n) is 14.4. The Bertz CT molecular complexity index is 892. The first-order chi connectivity index (χ1) is 12.3. The molecule has 138 valence electrons. The number of halogens is 1. The Morgan fingerprint density at radius 2 is 1.85 bits per heavy atom. The van der Waals surface area contributed by atoms with Crippen LogP contribution in [0.2, 0.25) is 0 Å². The molecular weight excluding hydrogens is 357 g/mol. The van der Waals surface area contributed by atoms with Crippen LogP contribution in [-0.4, -0.2) is 38.7 Å². The Morgan fingerprint density at radius 3 is 2.46 bits per heavy atom. The van der Waals surface area contributed by atoms with E-state index in [1.807, 2.05) is 4.90 Å². The van der Waals surface area contributed by atoms with Crippen molar-refractivity contribution in [2.24, 2.45) is 5.92 Å². The molecule has 0 saturated carbocycles. The SMILES string of the molecule is CS(=O)(=O)c1cccnc1N1CCC(C(=O)Nc2ccc(F)cc2)CC1. The van der Waals surface area contributed by atoms with Crippen LogP contribution in [0.25, 0.3) is 0 Å². The molecule has 0 bridgehead atoms. The highest BCUT2D eigenvalue weighted by Crippen LogP contribution is 2.27. The minimum absolute atomic E-state index is 0.111. The van der Waals surface area contributed by atoms with Crippen LogP contribution in [0.15, 0.2) is 47.5 Å². The van der Waals surface area contributed by atoms with Gasteiger partial charge in [-0.3, -0.25) is 4.79 Å². The third kappa shape index (κ3) is 4.19. The van der Waals surface area contributed by atoms with Crippen LogP contribution in [0.5, 0.6) is 0 Å². The quantitative estimate of drug-likeness (QED) is 0.886. The van der Waals surface area contributed by atoms with Gasteiger partial charge in [-0.25, -0.2) is 17.8 Å². The van der Waals surface area contributed by atoms with Crippen molar-refractivity contribution >= 4 is 27.2 Å². The lowest BCUT2D eigenvalue weighted by Gasteiger charge is -2.32. The molecule has 0 aliphatic carbocycles. The van der Waals surface area contributed by atoms with Crippen LogP contribution in [-0.2, 0) is 14.6 Å². The summed E-state index contributed by atoms with van der Waals surface area (Å²) >= 11 is 0. The zero-order chi connectivity index (χ0) is 18.7. The molecule has 3 rings (SSSR count). The van der Waals surface area contributed by atoms with Gasteiger partial charge in [0, 0.05) is 37.1 Å². The minimum Gasteiger partial charge on any atom is -0.355 e. The molecule has 1 N–H and O–H groups in total. The summed E-state index contributed by atoms with van der Waals surface area (Å²) in [7, 11) is -3.37. The molecule has 1 aromatic heterocycles. The Morgan fingerprint density at radius 1 is 1.19 bits per heavy atom. The molecule has 2 heterocycles. The molecule has 1 saturated heterocycles. The number of rotatable bonds is 4. The zero-order valence-corrected chi connectivity index (χ0v) is 15.2. The molecule has 1 aromatic carbocycles. The van der Waals surface area contributed by atoms with Crippen molar-refractivity contribution in [3.8, 4) is 0 Å². The van der Waals surface area contributed by atoms with Crippen molar-refractivity contribution in [3.05, 3.63) is 48.4 Å². The van der Waals surface area contributed by atoms with E-state index in [2.05, 4.69) is 10.3 Å². The van der Waals surface area contributed by atoms with Crippen LogP contribution < -0.4 is 10.2 Å². The van der Waals surface area contributed by atoms with Crippen LogP contribution in [0, 0.1) is 11.7 Å². The fourth-order valence-corrected chi connectivity index (χ4v) is 3.88. The normalized spacial score (nSPS) is 15.7. The number of sulfone groups is 1. The highest BCUT2D eigenvalue weighted by atomic mass is 32.2. The van der Waals surface area contributed by atoms with Crippen molar-refractivity contribution < 1.29 is 17.6 Å². The molecule has 0 atom stereocenters. The maximum absolute atomic E-state index is 12.9. The van der Waals surface area contributed by atoms with Gasteiger partial charge in [0.15, 0.2) is 9.84 Å². The molecule has 26 heavy (non-hydrogen) atoms. The molecule has 1 aliphatic heterocycles. The number of nitrogens with zero attached hydrogens (tertiary/aromatic N) is 2. The number of anilines is 2. The van der Waals surface area contributed by atoms with E-state index in [4.69, 9.17) is 0 Å². The van der Waals surface area contributed by atoms with Crippen molar-refractivity contribution in [2.45, 2.75) is 17.7 Å². The third-order valence-corrected chi connectivity index (χ3v) is 5.54. The number of nitrogens with one attached hydrogen (secondary N) is 1. The van der Waals surface area contributed by atoms with Gasteiger partial charge < -0.3 is 10.2 Å². The molecule has 1 amide bonds. The van der Waals surface area contributed by atoms with Gasteiger partial charge in [-0.05, 0) is 49.2 Å². The Labute approximate surface area is 152 Å². The van der Waals surface area contributed by atoms with Gasteiger partial charge in [0.05, 0.1) is 0 Å². The van der Waals surface area contributed by atoms with E-state index in [9.17, 15) is 17.6 Å². The predicted molar refractivity (Wildman–Crippen MR) is 97.3 cm³/mol. The summed E-state index contributed by atoms with van der Waals surface area (Å²) in [4.78, 5) is 18.7. The van der Waals surface area contributed by atoms with Crippen LogP contribution >= 0.6 is 0 Å². The molecule has 2 aromatic rings. The molecule has 1 fully saturated rings. The van der Waals surface area contributed by atoms with E-state index < -0.39 is 9.84 Å². The van der Waals surface area contributed by atoms with Crippen LogP contribution in [0.4, 0.5) is 15.9 Å². The van der Waals surface area contributed by atoms with Crippen LogP contribution in [0.3, 0.4) is 0 Å². The van der Waals surface area contributed by atoms with Gasteiger partial charge in [-0.15, -0.1) is 0 Å². The van der Waals surface area contributed by atoms with Gasteiger partial charge in [0.1, 0.15) is 16.5 Å². The van der Waals surface area contributed by atoms with Crippen molar-refractivity contribution in [2.75, 3.05) is 29.6 Å². The van der Waals surface area contributed by atoms with E-state index >= 15 is 0 Å². The van der Waals surface area contributed by atoms with E-state index in [0.717, 1.165) is 6.26 Å². The summed E-state index contributed by atoms with van der Waals surface area (Å²) in [6.45, 7) is 1.09. The second-order valence-corrected chi connectivity index (χ2v) is 8.34. The van der Waals surface area contributed by atoms with E-state index in [-0.39, 0.29) is 22.5 Å². The van der Waals surface area contributed by atoms with Gasteiger partial charge in [-0.2, -0.15) is 0 Å². The molecule has 8 heteroatoms. The maximum Gasteiger partial charge on any atom is 0.227 e. The monoisotopic (exact) mass is 377 g/mol. The van der Waals surface area contributed by atoms with Crippen LogP contribution in [0.1, 0.15) is 12.8 Å². The largest absolute Gasteiger partial charge is 0.355 e. The van der Waals surface area contributed by atoms with E-state index in [1.54, 1.807) is 18.3 Å². The van der Waals surface area contributed by atoms with Gasteiger partial charge in [0.2, 0.25) is 5.91 Å². The van der Waals surface area contributed by atoms with Crippen molar-refractivity contribution in [3.63, 3.8) is 0 Å². The first-order valence-electron chi connectivity index (χ1n) is 8.31. The molecule has 0 spiro atoms. The average molecular weight is 377 g/mol. The summed E-state index contributed by atoms with van der Waals surface area (Å²) in [6.07, 6.45) is 3.91. The number of hydrogen-bond acceptors (Lipinski definition) is 5. The second kappa shape index (κ2) is 7.41. The molecule has 0 radical (unpaired) electrons. The lowest BCUT2D eigenvalue weighted by molar-refractivity contribution is -0.120. The van der Waals surface area contributed by atoms with Crippen molar-refractivity contribution in [1.29, 1.82) is 0 Å². The number of amides is 1.